The summed E-state index contributed by atoms with van der Waals surface area (Å²) in [6.07, 6.45) is 2.96. The lowest BCUT2D eigenvalue weighted by molar-refractivity contribution is 0.0951. The zero-order chi connectivity index (χ0) is 23.4. The highest BCUT2D eigenvalue weighted by Gasteiger charge is 2.32. The van der Waals surface area contributed by atoms with Gasteiger partial charge in [-0.15, -0.1) is 11.3 Å². The number of halogens is 1. The molecule has 1 amide bonds. The van der Waals surface area contributed by atoms with E-state index in [1.807, 2.05) is 11.0 Å². The van der Waals surface area contributed by atoms with Gasteiger partial charge in [0.15, 0.2) is 11.5 Å². The standard InChI is InChI=1S/C21H19ClN6O3S2/c22-16-3-1-15(2-4-16)21(29)26-14-18-19(5-12-32-18)33(30,31)28-10-8-27(9-11-28)20-17(13-23)24-6-7-25-20/h1-7,12H,8-11,14H2,(H,26,29). The van der Waals surface area contributed by atoms with E-state index in [4.69, 9.17) is 11.6 Å². The molecule has 1 aliphatic rings. The quantitative estimate of drug-likeness (QED) is 0.550. The third-order valence-electron chi connectivity index (χ3n) is 5.16. The van der Waals surface area contributed by atoms with Gasteiger partial charge in [0.05, 0.1) is 11.4 Å². The van der Waals surface area contributed by atoms with Crippen molar-refractivity contribution >= 4 is 44.7 Å². The van der Waals surface area contributed by atoms with Crippen LogP contribution >= 0.6 is 22.9 Å². The first-order chi connectivity index (χ1) is 15.9. The van der Waals surface area contributed by atoms with Crippen LogP contribution in [0.3, 0.4) is 0 Å². The first-order valence-electron chi connectivity index (χ1n) is 9.96. The molecular weight excluding hydrogens is 484 g/mol. The molecule has 1 fully saturated rings. The van der Waals surface area contributed by atoms with Crippen molar-refractivity contribution in [3.63, 3.8) is 0 Å². The van der Waals surface area contributed by atoms with E-state index >= 15 is 0 Å². The summed E-state index contributed by atoms with van der Waals surface area (Å²) in [5, 5.41) is 14.2. The molecule has 12 heteroatoms. The van der Waals surface area contributed by atoms with E-state index in [9.17, 15) is 18.5 Å². The molecule has 1 aromatic carbocycles. The maximum atomic E-state index is 13.3. The number of benzene rings is 1. The second-order valence-corrected chi connectivity index (χ2v) is 10.5. The van der Waals surface area contributed by atoms with Gasteiger partial charge in [0.25, 0.3) is 5.91 Å². The predicted molar refractivity (Wildman–Crippen MR) is 125 cm³/mol. The summed E-state index contributed by atoms with van der Waals surface area (Å²) < 4.78 is 28.0. The molecule has 0 unspecified atom stereocenters. The van der Waals surface area contributed by atoms with Crippen LogP contribution in [0.5, 0.6) is 0 Å². The van der Waals surface area contributed by atoms with Gasteiger partial charge in [-0.3, -0.25) is 4.79 Å². The Kier molecular flexibility index (Phi) is 6.90. The van der Waals surface area contributed by atoms with Crippen LogP contribution in [0.2, 0.25) is 5.02 Å². The molecule has 0 radical (unpaired) electrons. The van der Waals surface area contributed by atoms with Crippen LogP contribution in [0.25, 0.3) is 0 Å². The summed E-state index contributed by atoms with van der Waals surface area (Å²) in [6.45, 7) is 1.37. The maximum Gasteiger partial charge on any atom is 0.251 e. The summed E-state index contributed by atoms with van der Waals surface area (Å²) in [7, 11) is -3.74. The van der Waals surface area contributed by atoms with E-state index in [0.29, 0.717) is 34.4 Å². The Morgan fingerprint density at radius 2 is 1.82 bits per heavy atom. The number of thiophene rings is 1. The van der Waals surface area contributed by atoms with Crippen molar-refractivity contribution < 1.29 is 13.2 Å². The largest absolute Gasteiger partial charge is 0.352 e. The highest BCUT2D eigenvalue weighted by molar-refractivity contribution is 7.89. The van der Waals surface area contributed by atoms with Crippen molar-refractivity contribution in [2.24, 2.45) is 0 Å². The zero-order valence-electron chi connectivity index (χ0n) is 17.3. The topological polar surface area (TPSA) is 119 Å². The van der Waals surface area contributed by atoms with Crippen molar-refractivity contribution in [2.45, 2.75) is 11.4 Å². The molecule has 170 valence electrons. The number of nitrogens with one attached hydrogen (secondary N) is 1. The SMILES string of the molecule is N#Cc1nccnc1N1CCN(S(=O)(=O)c2ccsc2CNC(=O)c2ccc(Cl)cc2)CC1. The van der Waals surface area contributed by atoms with Crippen LogP contribution in [0.4, 0.5) is 5.82 Å². The lowest BCUT2D eigenvalue weighted by atomic mass is 10.2. The number of hydrogen-bond donors (Lipinski definition) is 1. The number of carbonyl (C=O) groups excluding carboxylic acids is 1. The maximum absolute atomic E-state index is 13.3. The van der Waals surface area contributed by atoms with Gasteiger partial charge in [0.2, 0.25) is 10.0 Å². The zero-order valence-corrected chi connectivity index (χ0v) is 19.7. The molecule has 1 aliphatic heterocycles. The minimum atomic E-state index is -3.74. The van der Waals surface area contributed by atoms with Gasteiger partial charge in [0.1, 0.15) is 6.07 Å². The Hall–Kier alpha value is -3.04. The van der Waals surface area contributed by atoms with E-state index in [1.165, 1.54) is 28.0 Å². The van der Waals surface area contributed by atoms with Crippen LogP contribution in [0, 0.1) is 11.3 Å². The molecule has 0 spiro atoms. The summed E-state index contributed by atoms with van der Waals surface area (Å²) in [5.41, 5.74) is 0.655. The summed E-state index contributed by atoms with van der Waals surface area (Å²) in [4.78, 5) is 23.2. The summed E-state index contributed by atoms with van der Waals surface area (Å²) in [5.74, 6) is 0.146. The average Bonchev–Trinajstić information content (AvgIpc) is 3.33. The molecule has 3 aromatic rings. The molecule has 33 heavy (non-hydrogen) atoms. The number of aromatic nitrogens is 2. The monoisotopic (exact) mass is 502 g/mol. The first kappa shape index (κ1) is 23.1. The van der Waals surface area contributed by atoms with E-state index in [-0.39, 0.29) is 36.1 Å². The number of sulfonamides is 1. The molecule has 0 atom stereocenters. The van der Waals surface area contributed by atoms with Crippen LogP contribution < -0.4 is 10.2 Å². The number of amides is 1. The molecule has 0 saturated carbocycles. The Morgan fingerprint density at radius 1 is 1.12 bits per heavy atom. The van der Waals surface area contributed by atoms with Gasteiger partial charge in [-0.25, -0.2) is 18.4 Å². The smallest absolute Gasteiger partial charge is 0.251 e. The number of rotatable bonds is 6. The van der Waals surface area contributed by atoms with Crippen molar-refractivity contribution in [1.29, 1.82) is 5.26 Å². The molecule has 1 saturated heterocycles. The van der Waals surface area contributed by atoms with Crippen molar-refractivity contribution in [2.75, 3.05) is 31.1 Å². The number of hydrogen-bond acceptors (Lipinski definition) is 8. The molecule has 9 nitrogen and oxygen atoms in total. The first-order valence-corrected chi connectivity index (χ1v) is 12.7. The van der Waals surface area contributed by atoms with Gasteiger partial charge < -0.3 is 10.2 Å². The molecule has 4 rings (SSSR count). The van der Waals surface area contributed by atoms with Crippen LogP contribution in [0.1, 0.15) is 20.9 Å². The molecular formula is C21H19ClN6O3S2. The fourth-order valence-corrected chi connectivity index (χ4v) is 6.37. The average molecular weight is 503 g/mol. The minimum absolute atomic E-state index is 0.0960. The second kappa shape index (κ2) is 9.84. The minimum Gasteiger partial charge on any atom is -0.352 e. The molecule has 0 aliphatic carbocycles. The Bertz CT molecular complexity index is 1300. The number of piperazine rings is 1. The fourth-order valence-electron chi connectivity index (χ4n) is 3.47. The van der Waals surface area contributed by atoms with Gasteiger partial charge >= 0.3 is 0 Å². The summed E-state index contributed by atoms with van der Waals surface area (Å²) in [6, 6.07) is 10.0. The highest BCUT2D eigenvalue weighted by atomic mass is 35.5. The number of carbonyl (C=O) groups is 1. The van der Waals surface area contributed by atoms with Crippen LogP contribution in [-0.4, -0.2) is 54.8 Å². The Labute approximate surface area is 200 Å². The van der Waals surface area contributed by atoms with Gasteiger partial charge in [-0.1, -0.05) is 11.6 Å². The lowest BCUT2D eigenvalue weighted by Crippen LogP contribution is -2.49. The molecule has 1 N–H and O–H groups in total. The second-order valence-electron chi connectivity index (χ2n) is 7.13. The van der Waals surface area contributed by atoms with Gasteiger partial charge in [-0.2, -0.15) is 9.57 Å². The fraction of sp³-hybridized carbons (Fsp3) is 0.238. The Morgan fingerprint density at radius 3 is 2.52 bits per heavy atom. The third kappa shape index (κ3) is 4.99. The van der Waals surface area contributed by atoms with E-state index in [0.717, 1.165) is 0 Å². The number of anilines is 1. The van der Waals surface area contributed by atoms with Crippen LogP contribution in [-0.2, 0) is 16.6 Å². The van der Waals surface area contributed by atoms with Gasteiger partial charge in [-0.05, 0) is 35.7 Å². The molecule has 2 aromatic heterocycles. The molecule has 0 bridgehead atoms. The highest BCUT2D eigenvalue weighted by Crippen LogP contribution is 2.27. The van der Waals surface area contributed by atoms with Crippen LogP contribution in [0.15, 0.2) is 53.0 Å². The van der Waals surface area contributed by atoms with E-state index < -0.39 is 10.0 Å². The number of nitrogens with zero attached hydrogens (tertiary/aromatic N) is 5. The van der Waals surface area contributed by atoms with Crippen molar-refractivity contribution in [3.8, 4) is 6.07 Å². The Balaban J connectivity index is 1.43. The lowest BCUT2D eigenvalue weighted by Gasteiger charge is -2.34. The van der Waals surface area contributed by atoms with E-state index in [2.05, 4.69) is 15.3 Å². The number of nitriles is 1. The van der Waals surface area contributed by atoms with E-state index in [1.54, 1.807) is 35.7 Å². The predicted octanol–water partition coefficient (Wildman–Crippen LogP) is 2.50. The van der Waals surface area contributed by atoms with Crippen molar-refractivity contribution in [3.05, 3.63) is 69.3 Å². The third-order valence-corrected chi connectivity index (χ3v) is 8.45. The van der Waals surface area contributed by atoms with Crippen molar-refractivity contribution in [1.82, 2.24) is 19.6 Å². The molecule has 3 heterocycles. The normalized spacial score (nSPS) is 14.6. The van der Waals surface area contributed by atoms with Gasteiger partial charge in [0, 0.05) is 54.0 Å². The summed E-state index contributed by atoms with van der Waals surface area (Å²) >= 11 is 7.13.